The maximum absolute atomic E-state index is 8.04. The Morgan fingerprint density at radius 3 is 2.50 bits per heavy atom. The van der Waals surface area contributed by atoms with E-state index in [9.17, 15) is 0 Å². The monoisotopic (exact) mass is 114 g/mol. The van der Waals surface area contributed by atoms with Crippen molar-refractivity contribution in [2.45, 2.75) is 13.3 Å². The standard InChI is InChI=1S/C5H10N2O/c1-3-4(2)5(6)7-8/h8H,2-3H2,1H3,(H2,6,7). The third kappa shape index (κ3) is 1.64. The summed E-state index contributed by atoms with van der Waals surface area (Å²) in [6.07, 6.45) is 0.718. The number of amidine groups is 1. The van der Waals surface area contributed by atoms with Gasteiger partial charge in [0, 0.05) is 0 Å². The predicted octanol–water partition coefficient (Wildman–Crippen LogP) is 0.699. The third-order valence-corrected chi connectivity index (χ3v) is 0.897. The highest BCUT2D eigenvalue weighted by molar-refractivity contribution is 5.95. The first kappa shape index (κ1) is 7.01. The van der Waals surface area contributed by atoms with Crippen LogP contribution >= 0.6 is 0 Å². The molecule has 0 aromatic heterocycles. The maximum Gasteiger partial charge on any atom is 0.165 e. The number of nitrogens with zero attached hydrogens (tertiary/aromatic N) is 1. The van der Waals surface area contributed by atoms with Gasteiger partial charge in [-0.3, -0.25) is 0 Å². The van der Waals surface area contributed by atoms with Crippen LogP contribution in [0.3, 0.4) is 0 Å². The van der Waals surface area contributed by atoms with Crippen molar-refractivity contribution < 1.29 is 5.21 Å². The van der Waals surface area contributed by atoms with Crippen LogP contribution in [0.15, 0.2) is 17.3 Å². The van der Waals surface area contributed by atoms with Crippen molar-refractivity contribution in [3.63, 3.8) is 0 Å². The average molecular weight is 114 g/mol. The molecule has 0 fully saturated rings. The van der Waals surface area contributed by atoms with Crippen molar-refractivity contribution in [1.29, 1.82) is 0 Å². The van der Waals surface area contributed by atoms with Gasteiger partial charge in [-0.25, -0.2) is 0 Å². The van der Waals surface area contributed by atoms with E-state index in [0.29, 0.717) is 5.57 Å². The van der Waals surface area contributed by atoms with Crippen molar-refractivity contribution in [1.82, 2.24) is 0 Å². The molecule has 8 heavy (non-hydrogen) atoms. The van der Waals surface area contributed by atoms with E-state index in [0.717, 1.165) is 6.42 Å². The molecule has 0 atom stereocenters. The SMILES string of the molecule is C=C(CC)/C(N)=N/O. The van der Waals surface area contributed by atoms with E-state index in [2.05, 4.69) is 11.7 Å². The number of nitrogens with two attached hydrogens (primary N) is 1. The number of hydrogen-bond donors (Lipinski definition) is 2. The van der Waals surface area contributed by atoms with E-state index in [1.807, 2.05) is 6.92 Å². The van der Waals surface area contributed by atoms with E-state index in [-0.39, 0.29) is 5.84 Å². The highest BCUT2D eigenvalue weighted by Crippen LogP contribution is 1.93. The molecule has 0 aliphatic carbocycles. The van der Waals surface area contributed by atoms with Crippen LogP contribution in [0.2, 0.25) is 0 Å². The molecule has 0 saturated carbocycles. The lowest BCUT2D eigenvalue weighted by molar-refractivity contribution is 0.318. The normalized spacial score (nSPS) is 11.4. The molecule has 46 valence electrons. The Morgan fingerprint density at radius 2 is 2.38 bits per heavy atom. The summed E-state index contributed by atoms with van der Waals surface area (Å²) in [4.78, 5) is 0. The lowest BCUT2D eigenvalue weighted by Crippen LogP contribution is -2.12. The minimum absolute atomic E-state index is 0.118. The van der Waals surface area contributed by atoms with Crippen molar-refractivity contribution in [2.75, 3.05) is 0 Å². The largest absolute Gasteiger partial charge is 0.409 e. The Kier molecular flexibility index (Phi) is 2.69. The van der Waals surface area contributed by atoms with Gasteiger partial charge in [-0.2, -0.15) is 0 Å². The molecule has 3 N–H and O–H groups in total. The summed E-state index contributed by atoms with van der Waals surface area (Å²) in [5.74, 6) is 0.118. The first-order valence-electron chi connectivity index (χ1n) is 2.38. The van der Waals surface area contributed by atoms with Crippen molar-refractivity contribution in [3.8, 4) is 0 Å². The van der Waals surface area contributed by atoms with Gasteiger partial charge in [0.1, 0.15) is 0 Å². The molecule has 3 nitrogen and oxygen atoms in total. The van der Waals surface area contributed by atoms with Crippen molar-refractivity contribution in [3.05, 3.63) is 12.2 Å². The van der Waals surface area contributed by atoms with Crippen molar-refractivity contribution in [2.24, 2.45) is 10.9 Å². The second-order valence-corrected chi connectivity index (χ2v) is 1.44. The fourth-order valence-electron chi connectivity index (χ4n) is 0.252. The molecule has 0 radical (unpaired) electrons. The van der Waals surface area contributed by atoms with Crippen LogP contribution in [0, 0.1) is 0 Å². The first-order chi connectivity index (χ1) is 3.72. The van der Waals surface area contributed by atoms with Gasteiger partial charge < -0.3 is 10.9 Å². The van der Waals surface area contributed by atoms with E-state index in [1.165, 1.54) is 0 Å². The fraction of sp³-hybridized carbons (Fsp3) is 0.400. The van der Waals surface area contributed by atoms with Gasteiger partial charge in [0.05, 0.1) is 0 Å². The Bertz CT molecular complexity index is 118. The summed E-state index contributed by atoms with van der Waals surface area (Å²) < 4.78 is 0. The minimum Gasteiger partial charge on any atom is -0.409 e. The lowest BCUT2D eigenvalue weighted by Gasteiger charge is -1.94. The Balaban J connectivity index is 3.83. The quantitative estimate of drug-likeness (QED) is 0.240. The van der Waals surface area contributed by atoms with E-state index in [1.54, 1.807) is 0 Å². The zero-order valence-corrected chi connectivity index (χ0v) is 4.89. The second kappa shape index (κ2) is 3.07. The molecular weight excluding hydrogens is 104 g/mol. The van der Waals surface area contributed by atoms with Gasteiger partial charge in [-0.15, -0.1) is 0 Å². The third-order valence-electron chi connectivity index (χ3n) is 0.897. The topological polar surface area (TPSA) is 58.6 Å². The van der Waals surface area contributed by atoms with Crippen molar-refractivity contribution >= 4 is 5.84 Å². The fourth-order valence-corrected chi connectivity index (χ4v) is 0.252. The molecule has 0 rings (SSSR count). The van der Waals surface area contributed by atoms with Gasteiger partial charge in [-0.05, 0) is 12.0 Å². The molecule has 0 aromatic carbocycles. The highest BCUT2D eigenvalue weighted by atomic mass is 16.4. The molecule has 0 aliphatic heterocycles. The van der Waals surface area contributed by atoms with Crippen LogP contribution in [-0.2, 0) is 0 Å². The summed E-state index contributed by atoms with van der Waals surface area (Å²) in [5.41, 5.74) is 5.79. The number of hydrogen-bond acceptors (Lipinski definition) is 2. The van der Waals surface area contributed by atoms with Crippen LogP contribution < -0.4 is 5.73 Å². The number of rotatable bonds is 2. The average Bonchev–Trinajstić information content (AvgIpc) is 1.84. The summed E-state index contributed by atoms with van der Waals surface area (Å²) >= 11 is 0. The van der Waals surface area contributed by atoms with Crippen LogP contribution in [0.1, 0.15) is 13.3 Å². The van der Waals surface area contributed by atoms with Crippen LogP contribution in [0.4, 0.5) is 0 Å². The van der Waals surface area contributed by atoms with Crippen LogP contribution in [0.5, 0.6) is 0 Å². The summed E-state index contributed by atoms with van der Waals surface area (Å²) in [6.45, 7) is 5.42. The molecule has 0 spiro atoms. The van der Waals surface area contributed by atoms with Gasteiger partial charge >= 0.3 is 0 Å². The summed E-state index contributed by atoms with van der Waals surface area (Å²) in [5, 5.41) is 10.8. The highest BCUT2D eigenvalue weighted by Gasteiger charge is 1.93. The molecule has 0 unspecified atom stereocenters. The lowest BCUT2D eigenvalue weighted by atomic mass is 10.2. The first-order valence-corrected chi connectivity index (χ1v) is 2.38. The molecule has 3 heteroatoms. The Labute approximate surface area is 48.5 Å². The summed E-state index contributed by atoms with van der Waals surface area (Å²) in [7, 11) is 0. The Hall–Kier alpha value is -0.990. The van der Waals surface area contributed by atoms with E-state index >= 15 is 0 Å². The van der Waals surface area contributed by atoms with Crippen LogP contribution in [-0.4, -0.2) is 11.0 Å². The van der Waals surface area contributed by atoms with Gasteiger partial charge in [0.25, 0.3) is 0 Å². The molecule has 0 heterocycles. The molecule has 0 saturated heterocycles. The molecule has 0 bridgehead atoms. The second-order valence-electron chi connectivity index (χ2n) is 1.44. The van der Waals surface area contributed by atoms with Gasteiger partial charge in [0.2, 0.25) is 0 Å². The van der Waals surface area contributed by atoms with Gasteiger partial charge in [0.15, 0.2) is 5.84 Å². The van der Waals surface area contributed by atoms with Gasteiger partial charge in [-0.1, -0.05) is 18.7 Å². The minimum atomic E-state index is 0.118. The zero-order chi connectivity index (χ0) is 6.57. The van der Waals surface area contributed by atoms with E-state index in [4.69, 9.17) is 10.9 Å². The predicted molar refractivity (Wildman–Crippen MR) is 32.8 cm³/mol. The Morgan fingerprint density at radius 1 is 1.88 bits per heavy atom. The van der Waals surface area contributed by atoms with Crippen LogP contribution in [0.25, 0.3) is 0 Å². The maximum atomic E-state index is 8.04. The molecule has 0 amide bonds. The molecule has 0 aromatic rings. The zero-order valence-electron chi connectivity index (χ0n) is 4.89. The summed E-state index contributed by atoms with van der Waals surface area (Å²) in [6, 6.07) is 0. The smallest absolute Gasteiger partial charge is 0.165 e. The van der Waals surface area contributed by atoms with E-state index < -0.39 is 0 Å². The molecule has 0 aliphatic rings. The molecular formula is C5H10N2O. The number of oxime groups is 1.